The number of benzene rings is 2. The van der Waals surface area contributed by atoms with E-state index in [1.807, 2.05) is 31.2 Å². The Hall–Kier alpha value is -3.03. The Balaban J connectivity index is 1.73. The second kappa shape index (κ2) is 7.18. The van der Waals surface area contributed by atoms with Gasteiger partial charge in [-0.2, -0.15) is 5.10 Å². The highest BCUT2D eigenvalue weighted by Gasteiger charge is 2.18. The molecule has 140 valence electrons. The molecule has 0 radical (unpaired) electrons. The van der Waals surface area contributed by atoms with Gasteiger partial charge < -0.3 is 0 Å². The van der Waals surface area contributed by atoms with E-state index in [1.54, 1.807) is 25.1 Å². The lowest BCUT2D eigenvalue weighted by Gasteiger charge is -2.12. The van der Waals surface area contributed by atoms with Crippen LogP contribution >= 0.6 is 22.9 Å². The van der Waals surface area contributed by atoms with Crippen LogP contribution in [-0.2, 0) is 0 Å². The predicted molar refractivity (Wildman–Crippen MR) is 112 cm³/mol. The molecular weight excluding hydrogens is 396 g/mol. The van der Waals surface area contributed by atoms with Gasteiger partial charge in [0.05, 0.1) is 20.9 Å². The molecule has 4 rings (SSSR count). The average Bonchev–Trinajstić information content (AvgIpc) is 3.06. The molecule has 0 fully saturated rings. The summed E-state index contributed by atoms with van der Waals surface area (Å²) < 4.78 is 2.45. The van der Waals surface area contributed by atoms with Crippen LogP contribution < -0.4 is 10.7 Å². The average molecular weight is 411 g/mol. The Bertz CT molecular complexity index is 1280. The summed E-state index contributed by atoms with van der Waals surface area (Å²) in [6, 6.07) is 14.3. The minimum Gasteiger partial charge on any atom is -0.296 e. The fourth-order valence-electron chi connectivity index (χ4n) is 2.87. The van der Waals surface area contributed by atoms with Gasteiger partial charge in [0.2, 0.25) is 5.43 Å². The number of thiazole rings is 1. The normalized spacial score (nSPS) is 11.0. The Labute approximate surface area is 169 Å². The molecule has 0 aliphatic heterocycles. The molecule has 0 saturated heterocycles. The highest BCUT2D eigenvalue weighted by molar-refractivity contribution is 7.22. The zero-order valence-electron chi connectivity index (χ0n) is 15.1. The fraction of sp³-hybridized carbons (Fsp3) is 0.100. The van der Waals surface area contributed by atoms with Gasteiger partial charge in [0, 0.05) is 11.8 Å². The van der Waals surface area contributed by atoms with E-state index in [4.69, 9.17) is 11.6 Å². The molecule has 2 aromatic heterocycles. The molecule has 0 aliphatic carbocycles. The quantitative estimate of drug-likeness (QED) is 0.544. The van der Waals surface area contributed by atoms with Crippen molar-refractivity contribution in [2.75, 3.05) is 5.32 Å². The first-order valence-corrected chi connectivity index (χ1v) is 9.67. The largest absolute Gasteiger partial charge is 0.296 e. The van der Waals surface area contributed by atoms with E-state index in [0.29, 0.717) is 21.5 Å². The number of aryl methyl sites for hydroxylation is 2. The van der Waals surface area contributed by atoms with Crippen molar-refractivity contribution < 1.29 is 4.79 Å². The van der Waals surface area contributed by atoms with Gasteiger partial charge in [-0.15, -0.1) is 0 Å². The number of anilines is 1. The lowest BCUT2D eigenvalue weighted by atomic mass is 10.2. The van der Waals surface area contributed by atoms with Crippen LogP contribution in [0.15, 0.2) is 53.3 Å². The van der Waals surface area contributed by atoms with Crippen molar-refractivity contribution >= 4 is 44.2 Å². The van der Waals surface area contributed by atoms with E-state index in [-0.39, 0.29) is 5.69 Å². The maximum Gasteiger partial charge on any atom is 0.281 e. The van der Waals surface area contributed by atoms with Crippen LogP contribution in [0.2, 0.25) is 5.02 Å². The molecule has 2 aromatic carbocycles. The fourth-order valence-corrected chi connectivity index (χ4v) is 4.02. The monoisotopic (exact) mass is 410 g/mol. The van der Waals surface area contributed by atoms with Crippen LogP contribution in [0, 0.1) is 13.8 Å². The van der Waals surface area contributed by atoms with Crippen molar-refractivity contribution in [3.8, 4) is 5.69 Å². The molecule has 8 heteroatoms. The summed E-state index contributed by atoms with van der Waals surface area (Å²) in [6.45, 7) is 3.69. The van der Waals surface area contributed by atoms with Crippen molar-refractivity contribution in [1.82, 2.24) is 14.8 Å². The number of aromatic nitrogens is 3. The number of carbonyl (C=O) groups is 1. The predicted octanol–water partition coefficient (Wildman–Crippen LogP) is 4.36. The van der Waals surface area contributed by atoms with Crippen molar-refractivity contribution in [3.05, 3.63) is 80.7 Å². The molecule has 1 N–H and O–H groups in total. The number of fused-ring (bicyclic) bond motifs is 1. The van der Waals surface area contributed by atoms with Crippen molar-refractivity contribution in [3.63, 3.8) is 0 Å². The van der Waals surface area contributed by atoms with Gasteiger partial charge in [-0.25, -0.2) is 9.67 Å². The first-order chi connectivity index (χ1) is 13.4. The number of carbonyl (C=O) groups excluding carboxylic acids is 1. The summed E-state index contributed by atoms with van der Waals surface area (Å²) in [7, 11) is 0. The molecule has 0 unspecified atom stereocenters. The Kier molecular flexibility index (Phi) is 4.70. The van der Waals surface area contributed by atoms with E-state index in [0.717, 1.165) is 15.8 Å². The second-order valence-corrected chi connectivity index (χ2v) is 7.69. The van der Waals surface area contributed by atoms with Crippen LogP contribution in [-0.4, -0.2) is 20.7 Å². The first kappa shape index (κ1) is 18.3. The number of nitrogens with zero attached hydrogens (tertiary/aromatic N) is 3. The van der Waals surface area contributed by atoms with Crippen LogP contribution in [0.1, 0.15) is 21.7 Å². The summed E-state index contributed by atoms with van der Waals surface area (Å²) in [6.07, 6.45) is 0. The molecule has 0 bridgehead atoms. The van der Waals surface area contributed by atoms with Gasteiger partial charge in [-0.3, -0.25) is 14.9 Å². The van der Waals surface area contributed by atoms with Crippen molar-refractivity contribution in [2.24, 2.45) is 0 Å². The maximum absolute atomic E-state index is 12.7. The first-order valence-electron chi connectivity index (χ1n) is 8.47. The van der Waals surface area contributed by atoms with Crippen molar-refractivity contribution in [2.45, 2.75) is 13.8 Å². The zero-order chi connectivity index (χ0) is 19.8. The molecule has 1 amide bonds. The number of amides is 1. The number of hydrogen-bond donors (Lipinski definition) is 1. The summed E-state index contributed by atoms with van der Waals surface area (Å²) in [5.41, 5.74) is 2.32. The van der Waals surface area contributed by atoms with Gasteiger partial charge in [-0.05, 0) is 37.6 Å². The third kappa shape index (κ3) is 3.30. The molecule has 28 heavy (non-hydrogen) atoms. The minimum atomic E-state index is -0.609. The van der Waals surface area contributed by atoms with Crippen molar-refractivity contribution in [1.29, 1.82) is 0 Å². The van der Waals surface area contributed by atoms with E-state index in [2.05, 4.69) is 15.4 Å². The molecule has 2 heterocycles. The molecule has 0 aliphatic rings. The Morgan fingerprint density at radius 3 is 2.68 bits per heavy atom. The molecule has 0 atom stereocenters. The molecule has 0 saturated carbocycles. The second-order valence-electron chi connectivity index (χ2n) is 6.26. The van der Waals surface area contributed by atoms with Gasteiger partial charge in [0.15, 0.2) is 10.8 Å². The van der Waals surface area contributed by atoms with Gasteiger partial charge in [0.25, 0.3) is 5.91 Å². The minimum absolute atomic E-state index is 0.221. The number of nitrogens with one attached hydrogen (secondary N) is 1. The Morgan fingerprint density at radius 1 is 1.14 bits per heavy atom. The maximum atomic E-state index is 12.7. The van der Waals surface area contributed by atoms with Gasteiger partial charge in [0.1, 0.15) is 0 Å². The van der Waals surface area contributed by atoms with Gasteiger partial charge >= 0.3 is 0 Å². The Morgan fingerprint density at radius 2 is 1.93 bits per heavy atom. The highest BCUT2D eigenvalue weighted by atomic mass is 35.5. The lowest BCUT2D eigenvalue weighted by Crippen LogP contribution is -2.26. The topological polar surface area (TPSA) is 76.9 Å². The highest BCUT2D eigenvalue weighted by Crippen LogP contribution is 2.28. The zero-order valence-corrected chi connectivity index (χ0v) is 16.6. The van der Waals surface area contributed by atoms with E-state index in [9.17, 15) is 9.59 Å². The van der Waals surface area contributed by atoms with E-state index >= 15 is 0 Å². The number of hydrogen-bond acceptors (Lipinski definition) is 5. The molecule has 0 spiro atoms. The summed E-state index contributed by atoms with van der Waals surface area (Å²) in [5.74, 6) is -0.609. The SMILES string of the molecule is Cc1cccc2sc(NC(=O)c3nn(-c4ccccc4Cl)c(C)cc3=O)nc12. The molecule has 6 nitrogen and oxygen atoms in total. The van der Waals surface area contributed by atoms with Crippen LogP contribution in [0.3, 0.4) is 0 Å². The van der Waals surface area contributed by atoms with Crippen LogP contribution in [0.25, 0.3) is 15.9 Å². The van der Waals surface area contributed by atoms with Crippen LogP contribution in [0.4, 0.5) is 5.13 Å². The number of para-hydroxylation sites is 2. The molecule has 4 aromatic rings. The smallest absolute Gasteiger partial charge is 0.281 e. The third-order valence-electron chi connectivity index (χ3n) is 4.24. The third-order valence-corrected chi connectivity index (χ3v) is 5.50. The lowest BCUT2D eigenvalue weighted by molar-refractivity contribution is 0.101. The van der Waals surface area contributed by atoms with Crippen LogP contribution in [0.5, 0.6) is 0 Å². The van der Waals surface area contributed by atoms with E-state index in [1.165, 1.54) is 22.1 Å². The number of halogens is 1. The summed E-state index contributed by atoms with van der Waals surface area (Å²) in [4.78, 5) is 29.6. The van der Waals surface area contributed by atoms with Gasteiger partial charge in [-0.1, -0.05) is 47.2 Å². The standard InChI is InChI=1S/C20H15ClN4O2S/c1-11-6-5-9-16-17(11)22-20(28-16)23-19(27)18-15(26)10-12(2)25(24-18)14-8-4-3-7-13(14)21/h3-10H,1-2H3,(H,22,23,27). The summed E-state index contributed by atoms with van der Waals surface area (Å²) >= 11 is 7.59. The number of rotatable bonds is 3. The summed E-state index contributed by atoms with van der Waals surface area (Å²) in [5, 5.41) is 7.83. The molecular formula is C20H15ClN4O2S. The van der Waals surface area contributed by atoms with E-state index < -0.39 is 11.3 Å².